The van der Waals surface area contributed by atoms with E-state index in [1.807, 2.05) is 21.1 Å². The van der Waals surface area contributed by atoms with Gasteiger partial charge in [0.05, 0.1) is 34.4 Å². The van der Waals surface area contributed by atoms with Gasteiger partial charge in [-0.1, -0.05) is 349 Å². The molecule has 0 saturated carbocycles. The molecule has 0 radical (unpaired) electrons. The van der Waals surface area contributed by atoms with Gasteiger partial charge in [0.1, 0.15) is 13.2 Å². The number of likely N-dealkylation sites (N-methyl/N-ethyl adjacent to an activating group) is 1. The van der Waals surface area contributed by atoms with Gasteiger partial charge in [0.2, 0.25) is 0 Å². The van der Waals surface area contributed by atoms with Gasteiger partial charge in [-0.3, -0.25) is 9.59 Å². The van der Waals surface area contributed by atoms with Crippen molar-refractivity contribution in [2.45, 2.75) is 354 Å². The summed E-state index contributed by atoms with van der Waals surface area (Å²) in [6.07, 6.45) is 95.7. The van der Waals surface area contributed by atoms with E-state index in [1.165, 1.54) is 225 Å². The van der Waals surface area contributed by atoms with E-state index >= 15 is 0 Å². The van der Waals surface area contributed by atoms with E-state index < -0.39 is 24.3 Å². The number of allylic oxidation sites excluding steroid dienone is 16. The molecule has 9 heteroatoms. The van der Waals surface area contributed by atoms with Crippen LogP contribution in [0.4, 0.5) is 0 Å². The lowest BCUT2D eigenvalue weighted by Crippen LogP contribution is -2.40. The van der Waals surface area contributed by atoms with E-state index in [9.17, 15) is 19.5 Å². The molecule has 9 nitrogen and oxygen atoms in total. The zero-order valence-corrected chi connectivity index (χ0v) is 59.5. The first kappa shape index (κ1) is 86.2. The van der Waals surface area contributed by atoms with E-state index in [2.05, 4.69) is 111 Å². The van der Waals surface area contributed by atoms with Crippen LogP contribution in [0.1, 0.15) is 341 Å². The van der Waals surface area contributed by atoms with Gasteiger partial charge in [-0.2, -0.15) is 0 Å². The highest BCUT2D eigenvalue weighted by Gasteiger charge is 2.25. The normalized spacial score (nSPS) is 13.2. The summed E-state index contributed by atoms with van der Waals surface area (Å²) in [6, 6.07) is 0. The number of carboxylic acids is 1. The predicted molar refractivity (Wildman–Crippen MR) is 387 cm³/mol. The Labute approximate surface area is 556 Å². The molecule has 0 aliphatic carbocycles. The van der Waals surface area contributed by atoms with Crippen LogP contribution in [0.3, 0.4) is 0 Å². The molecule has 0 aromatic carbocycles. The Morgan fingerprint density at radius 2 is 0.633 bits per heavy atom. The molecular formula is C81H144NO8+. The number of quaternary nitrogens is 1. The van der Waals surface area contributed by atoms with Crippen molar-refractivity contribution in [3.8, 4) is 0 Å². The van der Waals surface area contributed by atoms with Crippen LogP contribution >= 0.6 is 0 Å². The zero-order chi connectivity index (χ0) is 65.4. The maximum Gasteiger partial charge on any atom is 0.361 e. The lowest BCUT2D eigenvalue weighted by atomic mass is 10.0. The summed E-state index contributed by atoms with van der Waals surface area (Å²) < 4.78 is 22.9. The van der Waals surface area contributed by atoms with Crippen LogP contribution in [0, 0.1) is 0 Å². The van der Waals surface area contributed by atoms with Crippen molar-refractivity contribution >= 4 is 17.9 Å². The molecule has 0 spiro atoms. The van der Waals surface area contributed by atoms with Gasteiger partial charge in [0.15, 0.2) is 6.10 Å². The van der Waals surface area contributed by atoms with Gasteiger partial charge in [-0.15, -0.1) is 0 Å². The molecule has 0 saturated heterocycles. The molecule has 0 aromatic rings. The lowest BCUT2D eigenvalue weighted by Gasteiger charge is -2.25. The minimum absolute atomic E-state index is 0.175. The van der Waals surface area contributed by atoms with Crippen molar-refractivity contribution in [2.75, 3.05) is 47.5 Å². The highest BCUT2D eigenvalue weighted by Crippen LogP contribution is 2.19. The summed E-state index contributed by atoms with van der Waals surface area (Å²) in [5, 5.41) is 9.75. The van der Waals surface area contributed by atoms with E-state index in [4.69, 9.17) is 18.9 Å². The van der Waals surface area contributed by atoms with Crippen molar-refractivity contribution in [3.63, 3.8) is 0 Å². The SMILES string of the molecule is CC/C=C\C/C=C\C/C=C\C/C=C\C/C=C\C/C=C\C/C=C\C/C=C\CCCCC(=O)OC(COC(=O)CCCCCCCCCCCCCCCCCCCCCCCCCCCCCCCCCCCCCCCC)COC(OCC[N+](C)(C)C)C(=O)O. The maximum atomic E-state index is 12.9. The first-order valence-electron chi connectivity index (χ1n) is 37.9. The van der Waals surface area contributed by atoms with Crippen molar-refractivity contribution in [1.82, 2.24) is 0 Å². The summed E-state index contributed by atoms with van der Waals surface area (Å²) in [5.41, 5.74) is 0. The van der Waals surface area contributed by atoms with E-state index in [0.717, 1.165) is 83.5 Å². The summed E-state index contributed by atoms with van der Waals surface area (Å²) >= 11 is 0. The second-order valence-electron chi connectivity index (χ2n) is 26.6. The van der Waals surface area contributed by atoms with Crippen LogP contribution in [0.15, 0.2) is 97.2 Å². The Bertz CT molecular complexity index is 1800. The summed E-state index contributed by atoms with van der Waals surface area (Å²) in [7, 11) is 5.96. The number of hydrogen-bond donors (Lipinski definition) is 1. The summed E-state index contributed by atoms with van der Waals surface area (Å²) in [4.78, 5) is 37.6. The van der Waals surface area contributed by atoms with Crippen molar-refractivity contribution in [1.29, 1.82) is 0 Å². The quantitative estimate of drug-likeness (QED) is 0.0211. The Kier molecular flexibility index (Phi) is 68.1. The molecule has 1 N–H and O–H groups in total. The van der Waals surface area contributed by atoms with Gasteiger partial charge >= 0.3 is 17.9 Å². The average molecular weight is 1260 g/mol. The van der Waals surface area contributed by atoms with Gasteiger partial charge in [0.25, 0.3) is 6.29 Å². The molecule has 0 amide bonds. The first-order chi connectivity index (χ1) is 44.1. The Morgan fingerprint density at radius 1 is 0.344 bits per heavy atom. The number of esters is 2. The Hall–Kier alpha value is -3.79. The number of carbonyl (C=O) groups excluding carboxylic acids is 2. The average Bonchev–Trinajstić information content (AvgIpc) is 3.74. The van der Waals surface area contributed by atoms with Gasteiger partial charge in [-0.25, -0.2) is 4.79 Å². The highest BCUT2D eigenvalue weighted by molar-refractivity contribution is 5.71. The minimum Gasteiger partial charge on any atom is -0.477 e. The molecule has 0 aliphatic rings. The number of ether oxygens (including phenoxy) is 4. The second-order valence-corrected chi connectivity index (χ2v) is 26.6. The van der Waals surface area contributed by atoms with Crippen LogP contribution in [-0.4, -0.2) is 87.4 Å². The fourth-order valence-electron chi connectivity index (χ4n) is 10.9. The Morgan fingerprint density at radius 3 is 0.944 bits per heavy atom. The third kappa shape index (κ3) is 71.6. The second kappa shape index (κ2) is 71.1. The fraction of sp³-hybridized carbons (Fsp3) is 0.765. The van der Waals surface area contributed by atoms with Crippen LogP contribution in [-0.2, 0) is 33.3 Å². The largest absolute Gasteiger partial charge is 0.477 e. The van der Waals surface area contributed by atoms with Crippen molar-refractivity contribution in [3.05, 3.63) is 97.2 Å². The van der Waals surface area contributed by atoms with E-state index in [-0.39, 0.29) is 32.2 Å². The molecule has 0 fully saturated rings. The molecule has 2 unspecified atom stereocenters. The van der Waals surface area contributed by atoms with E-state index in [0.29, 0.717) is 23.9 Å². The topological polar surface area (TPSA) is 108 Å². The molecule has 0 aliphatic heterocycles. The number of hydrogen-bond acceptors (Lipinski definition) is 7. The van der Waals surface area contributed by atoms with Gasteiger partial charge in [-0.05, 0) is 77.0 Å². The Balaban J connectivity index is 4.07. The zero-order valence-electron chi connectivity index (χ0n) is 59.5. The molecule has 0 bridgehead atoms. The van der Waals surface area contributed by atoms with E-state index in [1.54, 1.807) is 0 Å². The summed E-state index contributed by atoms with van der Waals surface area (Å²) in [6.45, 7) is 4.75. The number of carbonyl (C=O) groups is 3. The highest BCUT2D eigenvalue weighted by atomic mass is 16.7. The molecule has 0 heterocycles. The molecule has 2 atom stereocenters. The van der Waals surface area contributed by atoms with Crippen molar-refractivity contribution < 1.29 is 42.9 Å². The number of nitrogens with zero attached hydrogens (tertiary/aromatic N) is 1. The number of carboxylic acid groups (broad SMARTS) is 1. The standard InChI is InChI=1S/C81H143NO8/c1-6-8-10-12-14-16-18-20-22-24-26-28-30-32-34-35-36-37-38-39-40-41-42-43-44-46-47-49-51-53-55-57-59-61-63-65-67-69-71-78(83)88-75-77(76-89-81(80(85)86)87-74-73-82(3,4)5)90-79(84)72-70-68-66-64-62-60-58-56-54-52-50-48-45-33-31-29-27-25-23-21-19-17-15-13-11-9-7-2/h9,11,15,17,21,23,27,29,33,45,50,52,56,58,62,64,77,81H,6-8,10,12-14,16,18-20,22,24-26,28,30-32,34-44,46-49,51,53-55,57,59-61,63,65-76H2,1-5H3/p+1/b11-9-,17-15-,23-21-,29-27-,45-33-,52-50-,58-56-,64-62-. The fourth-order valence-corrected chi connectivity index (χ4v) is 10.9. The molecule has 0 rings (SSSR count). The van der Waals surface area contributed by atoms with Crippen LogP contribution < -0.4 is 0 Å². The van der Waals surface area contributed by atoms with Crippen LogP contribution in [0.2, 0.25) is 0 Å². The number of aliphatic carboxylic acids is 1. The first-order valence-corrected chi connectivity index (χ1v) is 37.9. The maximum absolute atomic E-state index is 12.9. The number of unbranched alkanes of at least 4 members (excludes halogenated alkanes) is 39. The molecule has 0 aromatic heterocycles. The molecule has 520 valence electrons. The van der Waals surface area contributed by atoms with Gasteiger partial charge < -0.3 is 28.5 Å². The third-order valence-corrected chi connectivity index (χ3v) is 16.6. The van der Waals surface area contributed by atoms with Crippen LogP contribution in [0.25, 0.3) is 0 Å². The molecular weight excluding hydrogens is 1110 g/mol. The van der Waals surface area contributed by atoms with Gasteiger partial charge in [0, 0.05) is 12.8 Å². The summed E-state index contributed by atoms with van der Waals surface area (Å²) in [5.74, 6) is -2.06. The minimum atomic E-state index is -1.53. The molecule has 90 heavy (non-hydrogen) atoms. The van der Waals surface area contributed by atoms with Crippen LogP contribution in [0.5, 0.6) is 0 Å². The monoisotopic (exact) mass is 1260 g/mol. The lowest BCUT2D eigenvalue weighted by molar-refractivity contribution is -0.870. The smallest absolute Gasteiger partial charge is 0.361 e. The number of rotatable bonds is 70. The van der Waals surface area contributed by atoms with Crippen molar-refractivity contribution in [2.24, 2.45) is 0 Å². The third-order valence-electron chi connectivity index (χ3n) is 16.6. The predicted octanol–water partition coefficient (Wildman–Crippen LogP) is 24.0.